The average molecular weight is 411 g/mol. The summed E-state index contributed by atoms with van der Waals surface area (Å²) in [5.74, 6) is -0.451. The lowest BCUT2D eigenvalue weighted by molar-refractivity contribution is 0.102. The smallest absolute Gasteiger partial charge is 0.271 e. The zero-order valence-electron chi connectivity index (χ0n) is 11.0. The van der Waals surface area contributed by atoms with Crippen molar-refractivity contribution in [2.75, 3.05) is 5.32 Å². The van der Waals surface area contributed by atoms with E-state index in [0.29, 0.717) is 10.6 Å². The number of rotatable bonds is 2. The first-order chi connectivity index (χ1) is 10.0. The number of thiazole rings is 1. The largest absolute Gasteiger partial charge is 0.322 e. The molecule has 0 fully saturated rings. The van der Waals surface area contributed by atoms with E-state index in [0.717, 1.165) is 8.45 Å². The standard InChI is InChI=1S/C14H10IN3O2S/c1-8-7-18-13(20)11(6-16-14(18)21-8)12(19)17-10-4-2-3-9(15)5-10/h2-7H,1H3,(H,17,19). The maximum absolute atomic E-state index is 12.3. The Hall–Kier alpha value is -1.74. The van der Waals surface area contributed by atoms with Crippen LogP contribution in [-0.4, -0.2) is 15.3 Å². The number of nitrogens with zero attached hydrogens (tertiary/aromatic N) is 2. The van der Waals surface area contributed by atoms with Gasteiger partial charge in [-0.1, -0.05) is 6.07 Å². The lowest BCUT2D eigenvalue weighted by Gasteiger charge is -2.05. The van der Waals surface area contributed by atoms with Crippen LogP contribution in [0.3, 0.4) is 0 Å². The number of halogens is 1. The van der Waals surface area contributed by atoms with E-state index in [9.17, 15) is 9.59 Å². The molecule has 3 aromatic rings. The maximum Gasteiger partial charge on any atom is 0.271 e. The fraction of sp³-hybridized carbons (Fsp3) is 0.0714. The lowest BCUT2D eigenvalue weighted by Crippen LogP contribution is -2.25. The summed E-state index contributed by atoms with van der Waals surface area (Å²) in [7, 11) is 0. The Labute approximate surface area is 137 Å². The first-order valence-corrected chi connectivity index (χ1v) is 7.99. The molecular formula is C14H10IN3O2S. The second kappa shape index (κ2) is 5.57. The summed E-state index contributed by atoms with van der Waals surface area (Å²) in [6.45, 7) is 1.89. The highest BCUT2D eigenvalue weighted by atomic mass is 127. The summed E-state index contributed by atoms with van der Waals surface area (Å²) in [4.78, 5) is 30.3. The van der Waals surface area contributed by atoms with Gasteiger partial charge in [0.05, 0.1) is 0 Å². The minimum absolute atomic E-state index is 0.0316. The van der Waals surface area contributed by atoms with Gasteiger partial charge in [-0.2, -0.15) is 0 Å². The zero-order chi connectivity index (χ0) is 15.0. The molecule has 1 N–H and O–H groups in total. The van der Waals surface area contributed by atoms with Crippen LogP contribution < -0.4 is 10.9 Å². The van der Waals surface area contributed by atoms with E-state index in [4.69, 9.17) is 0 Å². The monoisotopic (exact) mass is 411 g/mol. The molecule has 106 valence electrons. The van der Waals surface area contributed by atoms with E-state index >= 15 is 0 Å². The van der Waals surface area contributed by atoms with Crippen molar-refractivity contribution in [3.63, 3.8) is 0 Å². The Balaban J connectivity index is 1.98. The van der Waals surface area contributed by atoms with Crippen molar-refractivity contribution < 1.29 is 4.79 Å². The predicted molar refractivity (Wildman–Crippen MR) is 91.2 cm³/mol. The van der Waals surface area contributed by atoms with Crippen molar-refractivity contribution in [3.8, 4) is 0 Å². The molecule has 0 saturated carbocycles. The van der Waals surface area contributed by atoms with Crippen molar-refractivity contribution in [1.29, 1.82) is 0 Å². The molecule has 0 aliphatic heterocycles. The van der Waals surface area contributed by atoms with Crippen LogP contribution in [0.5, 0.6) is 0 Å². The van der Waals surface area contributed by atoms with Crippen molar-refractivity contribution >= 4 is 50.5 Å². The van der Waals surface area contributed by atoms with Crippen molar-refractivity contribution in [1.82, 2.24) is 9.38 Å². The number of benzene rings is 1. The van der Waals surface area contributed by atoms with Crippen LogP contribution in [0.1, 0.15) is 15.2 Å². The highest BCUT2D eigenvalue weighted by Crippen LogP contribution is 2.15. The lowest BCUT2D eigenvalue weighted by atomic mass is 10.2. The second-order valence-electron chi connectivity index (χ2n) is 4.44. The number of amides is 1. The number of aromatic nitrogens is 2. The molecule has 21 heavy (non-hydrogen) atoms. The number of aryl methyl sites for hydroxylation is 1. The topological polar surface area (TPSA) is 63.5 Å². The molecule has 0 aliphatic rings. The molecule has 7 heteroatoms. The number of fused-ring (bicyclic) bond motifs is 1. The van der Waals surface area contributed by atoms with Gasteiger partial charge in [-0.15, -0.1) is 11.3 Å². The molecule has 0 bridgehead atoms. The van der Waals surface area contributed by atoms with Crippen molar-refractivity contribution in [2.45, 2.75) is 6.92 Å². The van der Waals surface area contributed by atoms with Gasteiger partial charge in [0, 0.05) is 26.5 Å². The van der Waals surface area contributed by atoms with Gasteiger partial charge in [0.1, 0.15) is 5.56 Å². The van der Waals surface area contributed by atoms with Crippen molar-refractivity contribution in [2.24, 2.45) is 0 Å². The van der Waals surface area contributed by atoms with E-state index in [1.54, 1.807) is 12.3 Å². The van der Waals surface area contributed by atoms with Gasteiger partial charge >= 0.3 is 0 Å². The molecule has 0 unspecified atom stereocenters. The Morgan fingerprint density at radius 1 is 1.43 bits per heavy atom. The Morgan fingerprint density at radius 3 is 3.00 bits per heavy atom. The third kappa shape index (κ3) is 2.84. The van der Waals surface area contributed by atoms with E-state index in [-0.39, 0.29) is 11.1 Å². The maximum atomic E-state index is 12.3. The van der Waals surface area contributed by atoms with Gasteiger partial charge < -0.3 is 5.32 Å². The molecule has 0 radical (unpaired) electrons. The first kappa shape index (κ1) is 14.2. The van der Waals surface area contributed by atoms with E-state index < -0.39 is 5.91 Å². The van der Waals surface area contributed by atoms with Crippen LogP contribution in [0.2, 0.25) is 0 Å². The molecule has 5 nitrogen and oxygen atoms in total. The molecule has 0 aliphatic carbocycles. The average Bonchev–Trinajstić information content (AvgIpc) is 2.80. The summed E-state index contributed by atoms with van der Waals surface area (Å²) in [6.07, 6.45) is 3.02. The fourth-order valence-corrected chi connectivity index (χ4v) is 3.24. The van der Waals surface area contributed by atoms with E-state index in [1.165, 1.54) is 21.9 Å². The van der Waals surface area contributed by atoms with Gasteiger partial charge in [0.25, 0.3) is 11.5 Å². The van der Waals surface area contributed by atoms with Crippen LogP contribution in [0.4, 0.5) is 5.69 Å². The van der Waals surface area contributed by atoms with Gasteiger partial charge in [0.15, 0.2) is 4.96 Å². The molecule has 1 aromatic carbocycles. The Kier molecular flexibility index (Phi) is 3.77. The van der Waals surface area contributed by atoms with Crippen LogP contribution in [-0.2, 0) is 0 Å². The Morgan fingerprint density at radius 2 is 2.24 bits per heavy atom. The van der Waals surface area contributed by atoms with E-state index in [1.807, 2.05) is 25.1 Å². The number of nitrogens with one attached hydrogen (secondary N) is 1. The molecule has 1 amide bonds. The molecule has 0 atom stereocenters. The fourth-order valence-electron chi connectivity index (χ4n) is 1.92. The van der Waals surface area contributed by atoms with Gasteiger partial charge in [-0.25, -0.2) is 4.98 Å². The predicted octanol–water partition coefficient (Wildman–Crippen LogP) is 2.92. The highest BCUT2D eigenvalue weighted by Gasteiger charge is 2.14. The van der Waals surface area contributed by atoms with Crippen LogP contribution >= 0.6 is 33.9 Å². The molecule has 2 heterocycles. The number of carbonyl (C=O) groups is 1. The molecule has 0 spiro atoms. The van der Waals surface area contributed by atoms with Crippen LogP contribution in [0, 0.1) is 10.5 Å². The third-order valence-electron chi connectivity index (χ3n) is 2.85. The third-order valence-corrected chi connectivity index (χ3v) is 4.43. The summed E-state index contributed by atoms with van der Waals surface area (Å²) < 4.78 is 2.41. The number of hydrogen-bond donors (Lipinski definition) is 1. The SMILES string of the molecule is Cc1cn2c(=O)c(C(=O)Nc3cccc(I)c3)cnc2s1. The van der Waals surface area contributed by atoms with Crippen LogP contribution in [0.15, 0.2) is 41.5 Å². The van der Waals surface area contributed by atoms with Crippen LogP contribution in [0.25, 0.3) is 4.96 Å². The minimum Gasteiger partial charge on any atom is -0.322 e. The molecular weight excluding hydrogens is 401 g/mol. The second-order valence-corrected chi connectivity index (χ2v) is 6.89. The minimum atomic E-state index is -0.451. The number of hydrogen-bond acceptors (Lipinski definition) is 4. The molecule has 3 rings (SSSR count). The quantitative estimate of drug-likeness (QED) is 0.660. The number of carbonyl (C=O) groups excluding carboxylic acids is 1. The number of anilines is 1. The molecule has 0 saturated heterocycles. The van der Waals surface area contributed by atoms with Gasteiger partial charge in [-0.3, -0.25) is 14.0 Å². The van der Waals surface area contributed by atoms with E-state index in [2.05, 4.69) is 32.9 Å². The first-order valence-electron chi connectivity index (χ1n) is 6.09. The summed E-state index contributed by atoms with van der Waals surface area (Å²) >= 11 is 3.57. The zero-order valence-corrected chi connectivity index (χ0v) is 13.9. The summed E-state index contributed by atoms with van der Waals surface area (Å²) in [5, 5.41) is 2.72. The van der Waals surface area contributed by atoms with Crippen molar-refractivity contribution in [3.05, 3.63) is 61.0 Å². The summed E-state index contributed by atoms with van der Waals surface area (Å²) in [6, 6.07) is 7.37. The van der Waals surface area contributed by atoms with Gasteiger partial charge in [-0.05, 0) is 47.7 Å². The van der Waals surface area contributed by atoms with Gasteiger partial charge in [0.2, 0.25) is 0 Å². The highest BCUT2D eigenvalue weighted by molar-refractivity contribution is 14.1. The Bertz CT molecular complexity index is 901. The molecule has 2 aromatic heterocycles. The normalized spacial score (nSPS) is 10.8. The summed E-state index contributed by atoms with van der Waals surface area (Å²) in [5.41, 5.74) is 0.328.